The van der Waals surface area contributed by atoms with Gasteiger partial charge in [-0.15, -0.1) is 11.3 Å². The van der Waals surface area contributed by atoms with Crippen molar-refractivity contribution in [2.45, 2.75) is 0 Å². The number of hydrogen-bond donors (Lipinski definition) is 0. The molecule has 0 N–H and O–H groups in total. The van der Waals surface area contributed by atoms with Crippen LogP contribution in [-0.4, -0.2) is 0 Å². The van der Waals surface area contributed by atoms with Gasteiger partial charge in [-0.25, -0.2) is 0 Å². The first-order chi connectivity index (χ1) is 13.5. The summed E-state index contributed by atoms with van der Waals surface area (Å²) < 4.78 is 43.2. The Hall–Kier alpha value is -2.64. The molecule has 4 aromatic carbocycles. The lowest BCUT2D eigenvalue weighted by Crippen LogP contribution is -1.82. The molecule has 0 aliphatic heterocycles. The molecule has 0 unspecified atom stereocenters. The van der Waals surface area contributed by atoms with Crippen LogP contribution in [0.1, 0.15) is 6.85 Å². The van der Waals surface area contributed by atoms with E-state index in [0.29, 0.717) is 5.56 Å². The van der Waals surface area contributed by atoms with Crippen LogP contribution in [0, 0.1) is 0 Å². The summed E-state index contributed by atoms with van der Waals surface area (Å²) in [6.45, 7) is 0. The summed E-state index contributed by atoms with van der Waals surface area (Å²) in [7, 11) is 0. The van der Waals surface area contributed by atoms with Gasteiger partial charge in [0.2, 0.25) is 0 Å². The van der Waals surface area contributed by atoms with E-state index >= 15 is 0 Å². The van der Waals surface area contributed by atoms with Gasteiger partial charge in [-0.2, -0.15) is 0 Å². The average Bonchev–Trinajstić information content (AvgIpc) is 3.08. The SMILES string of the molecule is [2H]c1c([2H])c([2H])c(-c2c3ccccc3cc3c2sc2ccccc23)c([2H])c1[2H]. The van der Waals surface area contributed by atoms with Gasteiger partial charge in [0.05, 0.1) is 6.85 Å². The summed E-state index contributed by atoms with van der Waals surface area (Å²) in [5.74, 6) is 0. The van der Waals surface area contributed by atoms with Gasteiger partial charge in [0.1, 0.15) is 0 Å². The van der Waals surface area contributed by atoms with Crippen molar-refractivity contribution in [3.05, 3.63) is 84.8 Å². The van der Waals surface area contributed by atoms with Crippen LogP contribution in [0.2, 0.25) is 0 Å². The van der Waals surface area contributed by atoms with Crippen LogP contribution >= 0.6 is 11.3 Å². The lowest BCUT2D eigenvalue weighted by atomic mass is 9.95. The molecular formula is C22H14S. The Morgan fingerprint density at radius 3 is 2.35 bits per heavy atom. The van der Waals surface area contributed by atoms with Gasteiger partial charge in [-0.1, -0.05) is 72.7 Å². The number of rotatable bonds is 1. The van der Waals surface area contributed by atoms with Gasteiger partial charge in [0.15, 0.2) is 0 Å². The maximum Gasteiger partial charge on any atom is 0.0629 e. The molecule has 5 rings (SSSR count). The van der Waals surface area contributed by atoms with E-state index in [-0.39, 0.29) is 35.8 Å². The molecule has 0 radical (unpaired) electrons. The van der Waals surface area contributed by atoms with Crippen LogP contribution in [0.15, 0.2) is 84.8 Å². The quantitative estimate of drug-likeness (QED) is 0.316. The average molecular weight is 315 g/mol. The molecule has 108 valence electrons. The van der Waals surface area contributed by atoms with E-state index < -0.39 is 0 Å². The molecule has 1 aromatic heterocycles. The minimum Gasteiger partial charge on any atom is -0.135 e. The van der Waals surface area contributed by atoms with E-state index in [9.17, 15) is 0 Å². The Balaban J connectivity index is 2.08. The molecule has 1 heteroatoms. The van der Waals surface area contributed by atoms with Crippen LogP contribution in [0.3, 0.4) is 0 Å². The highest BCUT2D eigenvalue weighted by molar-refractivity contribution is 7.26. The maximum atomic E-state index is 8.49. The molecule has 0 spiro atoms. The molecule has 5 aromatic rings. The number of fused-ring (bicyclic) bond motifs is 4. The van der Waals surface area contributed by atoms with E-state index in [1.165, 1.54) is 0 Å². The minimum absolute atomic E-state index is 0.166. The van der Waals surface area contributed by atoms with E-state index in [4.69, 9.17) is 6.85 Å². The summed E-state index contributed by atoms with van der Waals surface area (Å²) in [6.07, 6.45) is 0. The molecule has 0 amide bonds. The van der Waals surface area contributed by atoms with Gasteiger partial charge in [-0.3, -0.25) is 0 Å². The predicted molar refractivity (Wildman–Crippen MR) is 102 cm³/mol. The summed E-state index contributed by atoms with van der Waals surface area (Å²) in [5.41, 5.74) is 0.977. The maximum absolute atomic E-state index is 8.49. The smallest absolute Gasteiger partial charge is 0.0629 e. The van der Waals surface area contributed by atoms with Crippen LogP contribution in [0.25, 0.3) is 42.1 Å². The van der Waals surface area contributed by atoms with E-state index in [1.54, 1.807) is 11.3 Å². The highest BCUT2D eigenvalue weighted by atomic mass is 32.1. The highest BCUT2D eigenvalue weighted by Crippen LogP contribution is 2.43. The summed E-state index contributed by atoms with van der Waals surface area (Å²) in [4.78, 5) is 0. The Morgan fingerprint density at radius 2 is 1.48 bits per heavy atom. The van der Waals surface area contributed by atoms with Crippen LogP contribution < -0.4 is 0 Å². The minimum atomic E-state index is -0.369. The van der Waals surface area contributed by atoms with Gasteiger partial charge < -0.3 is 0 Å². The topological polar surface area (TPSA) is 0 Å². The Labute approximate surface area is 145 Å². The lowest BCUT2D eigenvalue weighted by molar-refractivity contribution is 1.69. The fourth-order valence-corrected chi connectivity index (χ4v) is 4.39. The van der Waals surface area contributed by atoms with Crippen molar-refractivity contribution in [2.24, 2.45) is 0 Å². The molecule has 0 bridgehead atoms. The van der Waals surface area contributed by atoms with Crippen LogP contribution in [0.5, 0.6) is 0 Å². The Bertz CT molecular complexity index is 1390. The normalized spacial score (nSPS) is 14.5. The van der Waals surface area contributed by atoms with Crippen molar-refractivity contribution in [1.29, 1.82) is 0 Å². The second-order valence-corrected chi connectivity index (χ2v) is 6.50. The molecule has 1 heterocycles. The van der Waals surface area contributed by atoms with Crippen LogP contribution in [0.4, 0.5) is 0 Å². The first-order valence-corrected chi connectivity index (χ1v) is 8.21. The largest absolute Gasteiger partial charge is 0.135 e. The zero-order chi connectivity index (χ0) is 19.6. The predicted octanol–water partition coefficient (Wildman–Crippen LogP) is 6.87. The summed E-state index contributed by atoms with van der Waals surface area (Å²) in [6, 6.07) is 16.7. The fourth-order valence-electron chi connectivity index (χ4n) is 3.15. The molecular weight excluding hydrogens is 296 g/mol. The molecule has 0 saturated heterocycles. The standard InChI is InChI=1S/C22H14S/c1-2-8-15(9-3-1)21-17-11-5-4-10-16(17)14-19-18-12-6-7-13-20(18)23-22(19)21/h1-14H/i1D,2D,3D,8D,9D. The lowest BCUT2D eigenvalue weighted by Gasteiger charge is -2.09. The van der Waals surface area contributed by atoms with Crippen molar-refractivity contribution in [2.75, 3.05) is 0 Å². The molecule has 0 aliphatic rings. The zero-order valence-corrected chi connectivity index (χ0v) is 12.9. The van der Waals surface area contributed by atoms with Crippen molar-refractivity contribution in [1.82, 2.24) is 0 Å². The van der Waals surface area contributed by atoms with Gasteiger partial charge >= 0.3 is 0 Å². The van der Waals surface area contributed by atoms with Crippen LogP contribution in [-0.2, 0) is 0 Å². The van der Waals surface area contributed by atoms with Crippen molar-refractivity contribution in [3.63, 3.8) is 0 Å². The third-order valence-electron chi connectivity index (χ3n) is 4.14. The first-order valence-electron chi connectivity index (χ1n) is 9.89. The molecule has 0 saturated carbocycles. The summed E-state index contributed by atoms with van der Waals surface area (Å²) >= 11 is 1.60. The van der Waals surface area contributed by atoms with E-state index in [1.807, 2.05) is 36.4 Å². The second-order valence-electron chi connectivity index (χ2n) is 5.45. The molecule has 0 aliphatic carbocycles. The molecule has 23 heavy (non-hydrogen) atoms. The monoisotopic (exact) mass is 315 g/mol. The third-order valence-corrected chi connectivity index (χ3v) is 5.34. The van der Waals surface area contributed by atoms with Gasteiger partial charge in [0.25, 0.3) is 0 Å². The molecule has 0 nitrogen and oxygen atoms in total. The molecule has 0 atom stereocenters. The number of hydrogen-bond acceptors (Lipinski definition) is 1. The number of benzene rings is 4. The van der Waals surface area contributed by atoms with Crippen molar-refractivity contribution < 1.29 is 6.85 Å². The first kappa shape index (κ1) is 8.85. The van der Waals surface area contributed by atoms with Crippen molar-refractivity contribution in [3.8, 4) is 11.1 Å². The Morgan fingerprint density at radius 1 is 0.739 bits per heavy atom. The fraction of sp³-hybridized carbons (Fsp3) is 0. The summed E-state index contributed by atoms with van der Waals surface area (Å²) in [5, 5.41) is 4.03. The second kappa shape index (κ2) is 4.94. The van der Waals surface area contributed by atoms with E-state index in [2.05, 4.69) is 18.2 Å². The highest BCUT2D eigenvalue weighted by Gasteiger charge is 2.13. The van der Waals surface area contributed by atoms with Crippen molar-refractivity contribution >= 4 is 42.3 Å². The third kappa shape index (κ3) is 1.90. The molecule has 0 fully saturated rings. The number of thiophene rings is 1. The van der Waals surface area contributed by atoms with Gasteiger partial charge in [0, 0.05) is 25.7 Å². The Kier molecular flexibility index (Phi) is 1.90. The van der Waals surface area contributed by atoms with E-state index in [0.717, 1.165) is 30.9 Å². The van der Waals surface area contributed by atoms with Gasteiger partial charge in [-0.05, 0) is 28.5 Å². The zero-order valence-electron chi connectivity index (χ0n) is 17.1.